The Morgan fingerprint density at radius 3 is 2.39 bits per heavy atom. The summed E-state index contributed by atoms with van der Waals surface area (Å²) < 4.78 is 0. The van der Waals surface area contributed by atoms with Crippen molar-refractivity contribution in [3.8, 4) is 0 Å². The fourth-order valence-electron chi connectivity index (χ4n) is 1.75. The number of anilines is 1. The van der Waals surface area contributed by atoms with E-state index in [-0.39, 0.29) is 11.3 Å². The number of nitrogens with two attached hydrogens (primary N) is 1. The lowest BCUT2D eigenvalue weighted by Gasteiger charge is -2.16. The number of para-hydroxylation sites is 1. The summed E-state index contributed by atoms with van der Waals surface area (Å²) in [4.78, 5) is 38.1. The summed E-state index contributed by atoms with van der Waals surface area (Å²) in [7, 11) is 0. The molecule has 118 valence electrons. The molecule has 0 fully saturated rings. The number of hydrogen-bond donors (Lipinski definition) is 3. The second-order valence-corrected chi connectivity index (χ2v) is 4.52. The standard InChI is InChI=1S/C15H14N4O4/c16-19(11-4-2-1-3-5-11)15(23)10-6-7-12(17-8-10)14(22)18-9-13(20)21/h1-8H,9,16H2,(H,18,22)(H,20,21). The predicted octanol–water partition coefficient (Wildman–Crippen LogP) is 0.417. The molecule has 0 radical (unpaired) electrons. The molecule has 23 heavy (non-hydrogen) atoms. The molecule has 1 aromatic heterocycles. The van der Waals surface area contributed by atoms with Gasteiger partial charge in [-0.1, -0.05) is 18.2 Å². The van der Waals surface area contributed by atoms with Gasteiger partial charge in [0.15, 0.2) is 0 Å². The molecule has 2 amide bonds. The van der Waals surface area contributed by atoms with Crippen LogP contribution in [0.4, 0.5) is 5.69 Å². The first-order valence-electron chi connectivity index (χ1n) is 6.59. The van der Waals surface area contributed by atoms with Crippen molar-refractivity contribution in [2.24, 2.45) is 5.84 Å². The molecule has 0 aliphatic rings. The van der Waals surface area contributed by atoms with Crippen molar-refractivity contribution in [2.75, 3.05) is 11.6 Å². The highest BCUT2D eigenvalue weighted by Crippen LogP contribution is 2.13. The first-order chi connectivity index (χ1) is 11.0. The van der Waals surface area contributed by atoms with E-state index in [0.717, 1.165) is 5.01 Å². The maximum absolute atomic E-state index is 12.2. The number of aliphatic carboxylic acids is 1. The summed E-state index contributed by atoms with van der Waals surface area (Å²) in [6, 6.07) is 11.4. The third kappa shape index (κ3) is 4.11. The largest absolute Gasteiger partial charge is 0.480 e. The van der Waals surface area contributed by atoms with Crippen molar-refractivity contribution in [3.63, 3.8) is 0 Å². The Hall–Kier alpha value is -3.26. The Kier molecular flexibility index (Phi) is 5.00. The van der Waals surface area contributed by atoms with Crippen LogP contribution in [0.1, 0.15) is 20.8 Å². The zero-order valence-electron chi connectivity index (χ0n) is 12.0. The molecule has 8 nitrogen and oxygen atoms in total. The fraction of sp³-hybridized carbons (Fsp3) is 0.0667. The number of nitrogens with zero attached hydrogens (tertiary/aromatic N) is 2. The van der Waals surface area contributed by atoms with Gasteiger partial charge in [0.05, 0.1) is 11.3 Å². The molecule has 2 rings (SSSR count). The van der Waals surface area contributed by atoms with Crippen LogP contribution in [0.5, 0.6) is 0 Å². The predicted molar refractivity (Wildman–Crippen MR) is 81.6 cm³/mol. The van der Waals surface area contributed by atoms with Gasteiger partial charge in [-0.15, -0.1) is 0 Å². The molecule has 0 unspecified atom stereocenters. The van der Waals surface area contributed by atoms with Gasteiger partial charge in [0, 0.05) is 6.20 Å². The van der Waals surface area contributed by atoms with Gasteiger partial charge in [-0.3, -0.25) is 19.4 Å². The van der Waals surface area contributed by atoms with Crippen molar-refractivity contribution in [1.29, 1.82) is 0 Å². The molecule has 0 aliphatic heterocycles. The number of pyridine rings is 1. The zero-order chi connectivity index (χ0) is 16.8. The van der Waals surface area contributed by atoms with Crippen molar-refractivity contribution in [3.05, 3.63) is 59.9 Å². The molecular formula is C15H14N4O4. The number of nitrogens with one attached hydrogen (secondary N) is 1. The summed E-state index contributed by atoms with van der Waals surface area (Å²) in [5, 5.41) is 11.6. The molecule has 0 saturated carbocycles. The third-order valence-corrected chi connectivity index (χ3v) is 2.90. The van der Waals surface area contributed by atoms with Crippen molar-refractivity contribution in [1.82, 2.24) is 10.3 Å². The Labute approximate surface area is 131 Å². The first kappa shape index (κ1) is 16.1. The number of carbonyl (C=O) groups excluding carboxylic acids is 2. The van der Waals surface area contributed by atoms with Gasteiger partial charge in [0.1, 0.15) is 12.2 Å². The second kappa shape index (κ2) is 7.14. The highest BCUT2D eigenvalue weighted by molar-refractivity contribution is 6.05. The van der Waals surface area contributed by atoms with Gasteiger partial charge in [0.2, 0.25) is 0 Å². The molecule has 2 aromatic rings. The van der Waals surface area contributed by atoms with E-state index in [1.165, 1.54) is 18.3 Å². The topological polar surface area (TPSA) is 126 Å². The van der Waals surface area contributed by atoms with Crippen molar-refractivity contribution >= 4 is 23.5 Å². The third-order valence-electron chi connectivity index (χ3n) is 2.90. The lowest BCUT2D eigenvalue weighted by Crippen LogP contribution is -2.37. The summed E-state index contributed by atoms with van der Waals surface area (Å²) >= 11 is 0. The first-order valence-corrected chi connectivity index (χ1v) is 6.59. The molecular weight excluding hydrogens is 300 g/mol. The lowest BCUT2D eigenvalue weighted by molar-refractivity contribution is -0.135. The number of carbonyl (C=O) groups is 3. The molecule has 8 heteroatoms. The molecule has 1 aromatic carbocycles. The number of benzene rings is 1. The van der Waals surface area contributed by atoms with Crippen LogP contribution in [-0.4, -0.2) is 34.4 Å². The number of carboxylic acid groups (broad SMARTS) is 1. The normalized spacial score (nSPS) is 9.96. The number of amides is 2. The quantitative estimate of drug-likeness (QED) is 0.417. The van der Waals surface area contributed by atoms with E-state index < -0.39 is 24.3 Å². The highest BCUT2D eigenvalue weighted by atomic mass is 16.4. The van der Waals surface area contributed by atoms with Gasteiger partial charge in [-0.05, 0) is 24.3 Å². The summed E-state index contributed by atoms with van der Waals surface area (Å²) in [6.07, 6.45) is 1.21. The highest BCUT2D eigenvalue weighted by Gasteiger charge is 2.16. The number of rotatable bonds is 5. The number of hydrogen-bond acceptors (Lipinski definition) is 5. The van der Waals surface area contributed by atoms with Crippen molar-refractivity contribution in [2.45, 2.75) is 0 Å². The van der Waals surface area contributed by atoms with Gasteiger partial charge < -0.3 is 10.4 Å². The number of aromatic nitrogens is 1. The maximum atomic E-state index is 12.2. The van der Waals surface area contributed by atoms with E-state index in [9.17, 15) is 14.4 Å². The van der Waals surface area contributed by atoms with Crippen LogP contribution >= 0.6 is 0 Å². The molecule has 0 bridgehead atoms. The van der Waals surface area contributed by atoms with Crippen LogP contribution in [0.15, 0.2) is 48.7 Å². The molecule has 0 atom stereocenters. The molecule has 4 N–H and O–H groups in total. The monoisotopic (exact) mass is 314 g/mol. The van der Waals surface area contributed by atoms with Crippen LogP contribution in [0, 0.1) is 0 Å². The smallest absolute Gasteiger partial charge is 0.322 e. The van der Waals surface area contributed by atoms with Crippen LogP contribution in [0.3, 0.4) is 0 Å². The lowest BCUT2D eigenvalue weighted by atomic mass is 10.2. The molecule has 1 heterocycles. The van der Waals surface area contributed by atoms with Crippen LogP contribution in [0.2, 0.25) is 0 Å². The average molecular weight is 314 g/mol. The van der Waals surface area contributed by atoms with Gasteiger partial charge in [0.25, 0.3) is 11.8 Å². The number of carboxylic acids is 1. The van der Waals surface area contributed by atoms with Crippen molar-refractivity contribution < 1.29 is 19.5 Å². The average Bonchev–Trinajstić information content (AvgIpc) is 2.59. The Balaban J connectivity index is 2.08. The minimum absolute atomic E-state index is 0.00563. The van der Waals surface area contributed by atoms with E-state index in [0.29, 0.717) is 5.69 Å². The number of hydrazine groups is 1. The SMILES string of the molecule is NN(C(=O)c1ccc(C(=O)NCC(=O)O)nc1)c1ccccc1. The summed E-state index contributed by atoms with van der Waals surface area (Å²) in [5.41, 5.74) is 0.720. The van der Waals surface area contributed by atoms with Crippen LogP contribution in [-0.2, 0) is 4.79 Å². The second-order valence-electron chi connectivity index (χ2n) is 4.52. The molecule has 0 spiro atoms. The minimum atomic E-state index is -1.16. The van der Waals surface area contributed by atoms with Crippen LogP contribution in [0.25, 0.3) is 0 Å². The maximum Gasteiger partial charge on any atom is 0.322 e. The van der Waals surface area contributed by atoms with Crippen LogP contribution < -0.4 is 16.2 Å². The summed E-state index contributed by atoms with van der Waals surface area (Å²) in [5.74, 6) is 3.48. The van der Waals surface area contributed by atoms with Gasteiger partial charge in [-0.2, -0.15) is 0 Å². The van der Waals surface area contributed by atoms with E-state index in [4.69, 9.17) is 10.9 Å². The zero-order valence-corrected chi connectivity index (χ0v) is 12.0. The Morgan fingerprint density at radius 1 is 1.13 bits per heavy atom. The minimum Gasteiger partial charge on any atom is -0.480 e. The van der Waals surface area contributed by atoms with E-state index in [1.807, 2.05) is 0 Å². The Morgan fingerprint density at radius 2 is 1.83 bits per heavy atom. The molecule has 0 aliphatic carbocycles. The van der Waals surface area contributed by atoms with Gasteiger partial charge >= 0.3 is 5.97 Å². The fourth-order valence-corrected chi connectivity index (χ4v) is 1.75. The van der Waals surface area contributed by atoms with Gasteiger partial charge in [-0.25, -0.2) is 10.9 Å². The van der Waals surface area contributed by atoms with E-state index >= 15 is 0 Å². The molecule has 0 saturated heterocycles. The summed E-state index contributed by atoms with van der Waals surface area (Å²) in [6.45, 7) is -0.508. The Bertz CT molecular complexity index is 716. The van der Waals surface area contributed by atoms with E-state index in [1.54, 1.807) is 30.3 Å². The van der Waals surface area contributed by atoms with E-state index in [2.05, 4.69) is 10.3 Å².